The first-order valence-electron chi connectivity index (χ1n) is 13.5. The van der Waals surface area contributed by atoms with Crippen LogP contribution in [0.4, 0.5) is 0 Å². The molecule has 0 saturated carbocycles. The van der Waals surface area contributed by atoms with Gasteiger partial charge < -0.3 is 20.3 Å². The Labute approximate surface area is 225 Å². The molecular weight excluding hydrogens is 476 g/mol. The van der Waals surface area contributed by atoms with Crippen molar-refractivity contribution in [3.63, 3.8) is 0 Å². The van der Waals surface area contributed by atoms with Crippen LogP contribution in [-0.2, 0) is 16.9 Å². The average Bonchev–Trinajstić information content (AvgIpc) is 2.93. The summed E-state index contributed by atoms with van der Waals surface area (Å²) in [5.74, 6) is -0.268. The summed E-state index contributed by atoms with van der Waals surface area (Å²) in [7, 11) is 1.65. The van der Waals surface area contributed by atoms with Crippen molar-refractivity contribution in [3.05, 3.63) is 101 Å². The number of aliphatic carboxylic acids is 1. The van der Waals surface area contributed by atoms with E-state index in [4.69, 9.17) is 4.74 Å². The molecule has 5 atom stereocenters. The predicted molar refractivity (Wildman–Crippen MR) is 148 cm³/mol. The van der Waals surface area contributed by atoms with Crippen LogP contribution in [0.15, 0.2) is 78.9 Å². The number of aliphatic hydroxyl groups is 1. The third-order valence-corrected chi connectivity index (χ3v) is 8.44. The Balaban J connectivity index is 1.54. The summed E-state index contributed by atoms with van der Waals surface area (Å²) in [6, 6.07) is 27.0. The van der Waals surface area contributed by atoms with Crippen LogP contribution in [0.3, 0.4) is 0 Å². The maximum absolute atomic E-state index is 12.3. The fourth-order valence-corrected chi connectivity index (χ4v) is 6.56. The van der Waals surface area contributed by atoms with Crippen LogP contribution in [0.5, 0.6) is 5.75 Å². The first kappa shape index (κ1) is 26.4. The van der Waals surface area contributed by atoms with Crippen LogP contribution in [0, 0.1) is 11.8 Å². The molecule has 3 heterocycles. The number of hydrogen-bond donors (Lipinski definition) is 3. The molecule has 0 amide bonds. The fourth-order valence-electron chi connectivity index (χ4n) is 6.56. The minimum Gasteiger partial charge on any atom is -0.496 e. The van der Waals surface area contributed by atoms with Gasteiger partial charge in [0, 0.05) is 36.7 Å². The summed E-state index contributed by atoms with van der Waals surface area (Å²) in [6.07, 6.45) is 0.849. The van der Waals surface area contributed by atoms with E-state index in [0.717, 1.165) is 29.8 Å². The largest absolute Gasteiger partial charge is 0.496 e. The maximum atomic E-state index is 12.3. The lowest BCUT2D eigenvalue weighted by Crippen LogP contribution is -2.68. The van der Waals surface area contributed by atoms with Crippen molar-refractivity contribution in [2.75, 3.05) is 20.2 Å². The lowest BCUT2D eigenvalue weighted by Gasteiger charge is -2.56. The second-order valence-corrected chi connectivity index (χ2v) is 11.2. The third kappa shape index (κ3) is 5.21. The van der Waals surface area contributed by atoms with E-state index in [-0.39, 0.29) is 23.9 Å². The molecule has 0 radical (unpaired) electrons. The summed E-state index contributed by atoms with van der Waals surface area (Å²) in [5, 5.41) is 24.5. The molecule has 3 fully saturated rings. The van der Waals surface area contributed by atoms with E-state index in [1.165, 1.54) is 11.1 Å². The topological polar surface area (TPSA) is 82.0 Å². The summed E-state index contributed by atoms with van der Waals surface area (Å²) in [5.41, 5.74) is 3.26. The van der Waals surface area contributed by atoms with Crippen LogP contribution >= 0.6 is 0 Å². The van der Waals surface area contributed by atoms with Crippen LogP contribution in [-0.4, -0.2) is 53.4 Å². The molecule has 0 aliphatic carbocycles. The van der Waals surface area contributed by atoms with E-state index in [1.54, 1.807) is 21.0 Å². The molecule has 0 spiro atoms. The van der Waals surface area contributed by atoms with Crippen molar-refractivity contribution in [1.82, 2.24) is 10.2 Å². The number of nitrogens with one attached hydrogen (secondary N) is 1. The second-order valence-electron chi connectivity index (χ2n) is 11.2. The van der Waals surface area contributed by atoms with E-state index in [1.807, 2.05) is 30.3 Å². The van der Waals surface area contributed by atoms with Gasteiger partial charge in [-0.1, -0.05) is 66.7 Å². The Bertz CT molecular complexity index is 1200. The molecule has 3 aromatic carbocycles. The van der Waals surface area contributed by atoms with Crippen molar-refractivity contribution in [1.29, 1.82) is 0 Å². The number of carbonyl (C=O) groups is 1. The SMILES string of the molecule is COc1ccc(C(C)(C)O)cc1CN[C@H]1[C@H]2CCN(C[C@@H]2C(=O)O)[C@H]1C(c1ccccc1)c1ccccc1. The summed E-state index contributed by atoms with van der Waals surface area (Å²) in [4.78, 5) is 14.7. The van der Waals surface area contributed by atoms with Gasteiger partial charge in [0.05, 0.1) is 18.6 Å². The van der Waals surface area contributed by atoms with Crippen molar-refractivity contribution in [2.24, 2.45) is 11.8 Å². The van der Waals surface area contributed by atoms with Gasteiger partial charge >= 0.3 is 5.97 Å². The summed E-state index contributed by atoms with van der Waals surface area (Å²) >= 11 is 0. The monoisotopic (exact) mass is 514 g/mol. The van der Waals surface area contributed by atoms with E-state index in [2.05, 4.69) is 58.7 Å². The number of methoxy groups -OCH3 is 1. The first-order valence-corrected chi connectivity index (χ1v) is 13.5. The number of nitrogens with zero attached hydrogens (tertiary/aromatic N) is 1. The van der Waals surface area contributed by atoms with Gasteiger partial charge in [-0.3, -0.25) is 9.69 Å². The van der Waals surface area contributed by atoms with Gasteiger partial charge in [-0.2, -0.15) is 0 Å². The minimum absolute atomic E-state index is 0.0147. The molecular formula is C32H38N2O4. The van der Waals surface area contributed by atoms with E-state index < -0.39 is 17.5 Å². The zero-order chi connectivity index (χ0) is 26.9. The first-order chi connectivity index (χ1) is 18.3. The zero-order valence-electron chi connectivity index (χ0n) is 22.4. The molecule has 6 heteroatoms. The van der Waals surface area contributed by atoms with Crippen molar-refractivity contribution in [3.8, 4) is 5.75 Å². The number of ether oxygens (including phenoxy) is 1. The molecule has 6 rings (SSSR count). The molecule has 1 unspecified atom stereocenters. The number of fused-ring (bicyclic) bond motifs is 3. The Morgan fingerprint density at radius 2 is 1.68 bits per heavy atom. The predicted octanol–water partition coefficient (Wildman–Crippen LogP) is 4.62. The van der Waals surface area contributed by atoms with Crippen molar-refractivity contribution >= 4 is 5.97 Å². The van der Waals surface area contributed by atoms with Crippen molar-refractivity contribution < 1.29 is 19.7 Å². The summed E-state index contributed by atoms with van der Waals surface area (Å²) in [6.45, 7) is 5.52. The lowest BCUT2D eigenvalue weighted by molar-refractivity contribution is -0.152. The van der Waals surface area contributed by atoms with Gasteiger partial charge in [0.15, 0.2) is 0 Å². The highest BCUT2D eigenvalue weighted by molar-refractivity contribution is 5.71. The molecule has 3 N–H and O–H groups in total. The average molecular weight is 515 g/mol. The standard InChI is InChI=1S/C32H38N2O4/c1-32(2,37)24-14-15-27(38-3)23(18-24)19-33-29-25-16-17-34(20-26(25)31(35)36)30(29)28(21-10-6-4-7-11-21)22-12-8-5-9-13-22/h4-15,18,25-26,28-30,33,37H,16-17,19-20H2,1-3H3,(H,35,36)/t25-,26-,29-,30-/m0/s1. The van der Waals surface area contributed by atoms with Crippen LogP contribution < -0.4 is 10.1 Å². The van der Waals surface area contributed by atoms with Crippen LogP contribution in [0.25, 0.3) is 0 Å². The van der Waals surface area contributed by atoms with Crippen LogP contribution in [0.1, 0.15) is 48.4 Å². The number of carboxylic acid groups (broad SMARTS) is 1. The molecule has 3 aliphatic rings. The Hall–Kier alpha value is -3.19. The molecule has 200 valence electrons. The molecule has 38 heavy (non-hydrogen) atoms. The number of hydrogen-bond acceptors (Lipinski definition) is 5. The highest BCUT2D eigenvalue weighted by Crippen LogP contribution is 2.44. The molecule has 2 bridgehead atoms. The highest BCUT2D eigenvalue weighted by atomic mass is 16.5. The summed E-state index contributed by atoms with van der Waals surface area (Å²) < 4.78 is 5.66. The normalized spacial score (nSPS) is 24.9. The van der Waals surface area contributed by atoms with E-state index in [9.17, 15) is 15.0 Å². The fraction of sp³-hybridized carbons (Fsp3) is 0.406. The van der Waals surface area contributed by atoms with E-state index >= 15 is 0 Å². The van der Waals surface area contributed by atoms with Gasteiger partial charge in [-0.05, 0) is 61.6 Å². The molecule has 6 nitrogen and oxygen atoms in total. The molecule has 3 aliphatic heterocycles. The Morgan fingerprint density at radius 3 is 2.24 bits per heavy atom. The number of rotatable bonds is 9. The number of carboxylic acids is 1. The van der Waals surface area contributed by atoms with Gasteiger partial charge in [0.1, 0.15) is 5.75 Å². The number of piperidine rings is 3. The number of benzene rings is 3. The molecule has 3 saturated heterocycles. The Morgan fingerprint density at radius 1 is 1.05 bits per heavy atom. The second kappa shape index (κ2) is 10.9. The third-order valence-electron chi connectivity index (χ3n) is 8.44. The lowest BCUT2D eigenvalue weighted by atomic mass is 9.66. The van der Waals surface area contributed by atoms with Gasteiger partial charge in [-0.25, -0.2) is 0 Å². The minimum atomic E-state index is -0.973. The highest BCUT2D eigenvalue weighted by Gasteiger charge is 2.52. The zero-order valence-corrected chi connectivity index (χ0v) is 22.4. The maximum Gasteiger partial charge on any atom is 0.308 e. The quantitative estimate of drug-likeness (QED) is 0.387. The van der Waals surface area contributed by atoms with Gasteiger partial charge in [0.25, 0.3) is 0 Å². The van der Waals surface area contributed by atoms with E-state index in [0.29, 0.717) is 13.1 Å². The van der Waals surface area contributed by atoms with Gasteiger partial charge in [-0.15, -0.1) is 0 Å². The Kier molecular flexibility index (Phi) is 7.57. The molecule has 3 aromatic rings. The van der Waals surface area contributed by atoms with Crippen molar-refractivity contribution in [2.45, 2.75) is 50.4 Å². The van der Waals surface area contributed by atoms with Gasteiger partial charge in [0.2, 0.25) is 0 Å². The van der Waals surface area contributed by atoms with Crippen LogP contribution in [0.2, 0.25) is 0 Å². The smallest absolute Gasteiger partial charge is 0.308 e. The molecule has 0 aromatic heterocycles.